The number of aliphatic hydroxyl groups is 1. The van der Waals surface area contributed by atoms with Crippen LogP contribution in [0.2, 0.25) is 0 Å². The molecule has 1 aliphatic heterocycles. The molecule has 0 saturated heterocycles. The van der Waals surface area contributed by atoms with Gasteiger partial charge in [-0.05, 0) is 29.7 Å². The molecule has 2 aromatic carbocycles. The van der Waals surface area contributed by atoms with Crippen LogP contribution in [0.5, 0.6) is 11.5 Å². The number of hydrogen-bond acceptors (Lipinski definition) is 8. The Labute approximate surface area is 228 Å². The van der Waals surface area contributed by atoms with Gasteiger partial charge >= 0.3 is 12.1 Å². The van der Waals surface area contributed by atoms with Crippen molar-refractivity contribution in [2.45, 2.75) is 39.1 Å². The third-order valence-electron chi connectivity index (χ3n) is 6.47. The summed E-state index contributed by atoms with van der Waals surface area (Å²) >= 11 is 0. The van der Waals surface area contributed by atoms with Crippen molar-refractivity contribution in [3.63, 3.8) is 0 Å². The average molecular weight is 565 g/mol. The van der Waals surface area contributed by atoms with E-state index >= 15 is 0 Å². The lowest BCUT2D eigenvalue weighted by Gasteiger charge is -2.30. The molecule has 0 fully saturated rings. The molecule has 0 spiro atoms. The highest BCUT2D eigenvalue weighted by molar-refractivity contribution is 5.73. The number of aromatic nitrogens is 2. The molecule has 1 aromatic heterocycles. The van der Waals surface area contributed by atoms with Gasteiger partial charge in [0.15, 0.2) is 0 Å². The van der Waals surface area contributed by atoms with Gasteiger partial charge in [-0.3, -0.25) is 13.9 Å². The van der Waals surface area contributed by atoms with Crippen LogP contribution in [-0.4, -0.2) is 53.8 Å². The molecule has 1 aliphatic rings. The molecule has 216 valence electrons. The summed E-state index contributed by atoms with van der Waals surface area (Å²) in [7, 11) is 3.16. The number of fused-ring (bicyclic) bond motifs is 1. The molecular weight excluding hydrogens is 533 g/mol. The van der Waals surface area contributed by atoms with Crippen molar-refractivity contribution in [1.29, 1.82) is 0 Å². The number of anilines is 2. The van der Waals surface area contributed by atoms with E-state index in [1.54, 1.807) is 16.8 Å². The van der Waals surface area contributed by atoms with Crippen LogP contribution in [-0.2, 0) is 31.3 Å². The Kier molecular flexibility index (Phi) is 8.74. The van der Waals surface area contributed by atoms with Gasteiger partial charge in [-0.25, -0.2) is 4.79 Å². The largest absolute Gasteiger partial charge is 0.573 e. The van der Waals surface area contributed by atoms with Gasteiger partial charge in [-0.1, -0.05) is 37.3 Å². The Morgan fingerprint density at radius 3 is 2.30 bits per heavy atom. The number of aryl methyl sites for hydroxylation is 1. The first-order valence-corrected chi connectivity index (χ1v) is 12.7. The van der Waals surface area contributed by atoms with Crippen LogP contribution in [0.1, 0.15) is 18.1 Å². The lowest BCUT2D eigenvalue weighted by Crippen LogP contribution is -2.46. The lowest BCUT2D eigenvalue weighted by molar-refractivity contribution is -0.274. The Bertz CT molecular complexity index is 1440. The minimum Gasteiger partial charge on any atom is -0.452 e. The molecule has 0 amide bonds. The van der Waals surface area contributed by atoms with E-state index in [-0.39, 0.29) is 44.3 Å². The first-order valence-electron chi connectivity index (χ1n) is 12.7. The SMILES string of the molecule is CCc1ccc(CN2c3c(n(C)c(=O)n(CCOCCO)c3=O)N(C)C2Oc2cccc(OC(F)(F)F)c2)cc1. The van der Waals surface area contributed by atoms with E-state index in [0.29, 0.717) is 5.82 Å². The second-order valence-corrected chi connectivity index (χ2v) is 9.18. The van der Waals surface area contributed by atoms with Crippen molar-refractivity contribution >= 4 is 11.5 Å². The molecule has 1 atom stereocenters. The van der Waals surface area contributed by atoms with Gasteiger partial charge in [0.05, 0.1) is 26.4 Å². The minimum atomic E-state index is -4.88. The molecule has 40 heavy (non-hydrogen) atoms. The molecule has 0 radical (unpaired) electrons. The highest BCUT2D eigenvalue weighted by Crippen LogP contribution is 2.37. The van der Waals surface area contributed by atoms with Crippen LogP contribution < -0.4 is 30.5 Å². The standard InChI is InChI=1S/C27H31F3N4O6/c1-4-18-8-10-19(11-9-18)17-34-22-23(31(2)25(37)33(24(22)36)12-14-38-15-13-35)32(3)26(34)39-20-6-5-7-21(16-20)40-27(28,29)30/h5-11,16,26,35H,4,12-15,17H2,1-3H3. The van der Waals surface area contributed by atoms with Gasteiger partial charge in [0.25, 0.3) is 11.9 Å². The summed E-state index contributed by atoms with van der Waals surface area (Å²) in [5.74, 6) is -0.0941. The average Bonchev–Trinajstić information content (AvgIpc) is 3.17. The van der Waals surface area contributed by atoms with Gasteiger partial charge in [0.2, 0.25) is 0 Å². The van der Waals surface area contributed by atoms with E-state index in [0.717, 1.165) is 34.2 Å². The minimum absolute atomic E-state index is 0.0364. The van der Waals surface area contributed by atoms with Gasteiger partial charge in [0.1, 0.15) is 23.0 Å². The Morgan fingerprint density at radius 2 is 1.65 bits per heavy atom. The van der Waals surface area contributed by atoms with Crippen molar-refractivity contribution in [3.8, 4) is 11.5 Å². The zero-order valence-corrected chi connectivity index (χ0v) is 22.3. The summed E-state index contributed by atoms with van der Waals surface area (Å²) in [4.78, 5) is 30.1. The maximum atomic E-state index is 13.7. The summed E-state index contributed by atoms with van der Waals surface area (Å²) < 4.78 is 56.2. The van der Waals surface area contributed by atoms with Crippen LogP contribution >= 0.6 is 0 Å². The Hall–Kier alpha value is -3.97. The van der Waals surface area contributed by atoms with Crippen LogP contribution in [0.25, 0.3) is 0 Å². The lowest BCUT2D eigenvalue weighted by atomic mass is 10.1. The zero-order valence-electron chi connectivity index (χ0n) is 22.3. The number of alkyl halides is 3. The van der Waals surface area contributed by atoms with Gasteiger partial charge in [0, 0.05) is 26.7 Å². The van der Waals surface area contributed by atoms with Gasteiger partial charge < -0.3 is 29.1 Å². The first-order chi connectivity index (χ1) is 19.0. The summed E-state index contributed by atoms with van der Waals surface area (Å²) in [5.41, 5.74) is 1.04. The van der Waals surface area contributed by atoms with Crippen molar-refractivity contribution < 1.29 is 32.5 Å². The highest BCUT2D eigenvalue weighted by Gasteiger charge is 2.41. The number of aliphatic hydroxyl groups excluding tert-OH is 1. The number of halogens is 3. The number of ether oxygens (including phenoxy) is 3. The van der Waals surface area contributed by atoms with Crippen LogP contribution in [0.3, 0.4) is 0 Å². The maximum absolute atomic E-state index is 13.7. The smallest absolute Gasteiger partial charge is 0.452 e. The molecule has 1 unspecified atom stereocenters. The van der Waals surface area contributed by atoms with Crippen LogP contribution in [0.15, 0.2) is 58.1 Å². The van der Waals surface area contributed by atoms with Gasteiger partial charge in [-0.15, -0.1) is 13.2 Å². The molecule has 1 N–H and O–H groups in total. The molecule has 10 nitrogen and oxygen atoms in total. The molecule has 4 rings (SSSR count). The quantitative estimate of drug-likeness (QED) is 0.355. The first kappa shape index (κ1) is 29.0. The molecule has 2 heterocycles. The number of nitrogens with zero attached hydrogens (tertiary/aromatic N) is 4. The monoisotopic (exact) mass is 564 g/mol. The summed E-state index contributed by atoms with van der Waals surface area (Å²) in [6, 6.07) is 12.9. The molecular formula is C27H31F3N4O6. The van der Waals surface area contributed by atoms with E-state index in [1.165, 1.54) is 23.7 Å². The van der Waals surface area contributed by atoms with Crippen LogP contribution in [0.4, 0.5) is 24.7 Å². The molecule has 0 saturated carbocycles. The molecule has 13 heteroatoms. The predicted octanol–water partition coefficient (Wildman–Crippen LogP) is 2.84. The number of rotatable bonds is 11. The third-order valence-corrected chi connectivity index (χ3v) is 6.47. The van der Waals surface area contributed by atoms with E-state index in [4.69, 9.17) is 14.6 Å². The summed E-state index contributed by atoms with van der Waals surface area (Å²) in [6.45, 7) is 2.11. The normalized spacial score (nSPS) is 14.9. The fourth-order valence-corrected chi connectivity index (χ4v) is 4.58. The van der Waals surface area contributed by atoms with Crippen molar-refractivity contribution in [2.24, 2.45) is 7.05 Å². The maximum Gasteiger partial charge on any atom is 0.573 e. The molecule has 0 aliphatic carbocycles. The Balaban J connectivity index is 1.76. The van der Waals surface area contributed by atoms with Crippen molar-refractivity contribution in [3.05, 3.63) is 80.5 Å². The molecule has 0 bridgehead atoms. The topological polar surface area (TPSA) is 98.4 Å². The van der Waals surface area contributed by atoms with E-state index in [9.17, 15) is 22.8 Å². The predicted molar refractivity (Wildman–Crippen MR) is 142 cm³/mol. The van der Waals surface area contributed by atoms with Crippen LogP contribution in [0, 0.1) is 0 Å². The second kappa shape index (κ2) is 12.0. The van der Waals surface area contributed by atoms with Crippen molar-refractivity contribution in [1.82, 2.24) is 9.13 Å². The summed E-state index contributed by atoms with van der Waals surface area (Å²) in [6.07, 6.45) is -5.01. The second-order valence-electron chi connectivity index (χ2n) is 9.18. The van der Waals surface area contributed by atoms with Gasteiger partial charge in [-0.2, -0.15) is 0 Å². The van der Waals surface area contributed by atoms with Crippen molar-refractivity contribution in [2.75, 3.05) is 36.7 Å². The third kappa shape index (κ3) is 6.26. The fraction of sp³-hybridized carbons (Fsp3) is 0.407. The summed E-state index contributed by atoms with van der Waals surface area (Å²) in [5, 5.41) is 8.95. The number of hydrogen-bond donors (Lipinski definition) is 1. The van der Waals surface area contributed by atoms with E-state index in [1.807, 2.05) is 31.2 Å². The zero-order chi connectivity index (χ0) is 29.0. The van der Waals surface area contributed by atoms with E-state index < -0.39 is 29.7 Å². The fourth-order valence-electron chi connectivity index (χ4n) is 4.58. The van der Waals surface area contributed by atoms with E-state index in [2.05, 4.69) is 4.74 Å². The molecule has 3 aromatic rings. The number of benzene rings is 2. The Morgan fingerprint density at radius 1 is 0.975 bits per heavy atom. The highest BCUT2D eigenvalue weighted by atomic mass is 19.4.